The minimum absolute atomic E-state index is 0.0408. The number of carbonyl (C=O) groups is 3. The highest BCUT2D eigenvalue weighted by atomic mass is 16.2. The average molecular weight is 214 g/mol. The van der Waals surface area contributed by atoms with Crippen LogP contribution in [0.2, 0.25) is 0 Å². The maximum atomic E-state index is 11.1. The fraction of sp³-hybridized carbons (Fsp3) is 0.500. The Morgan fingerprint density at radius 1 is 1.33 bits per heavy atom. The Morgan fingerprint density at radius 3 is 2.27 bits per heavy atom. The Morgan fingerprint density at radius 2 is 1.87 bits per heavy atom. The second-order valence-electron chi connectivity index (χ2n) is 2.71. The number of allylic oxidation sites excluding steroid dienone is 1. The van der Waals surface area contributed by atoms with Crippen LogP contribution in [0, 0.1) is 0 Å². The van der Waals surface area contributed by atoms with Gasteiger partial charge in [0.1, 0.15) is 12.1 Å². The number of carbonyl (C=O) groups excluding carboxylic acids is 3. The first kappa shape index (κ1) is 16.0. The molecule has 0 saturated heterocycles. The molecule has 5 heteroatoms. The molecule has 2 N–H and O–H groups in total. The Kier molecular flexibility index (Phi) is 11.3. The van der Waals surface area contributed by atoms with E-state index < -0.39 is 0 Å². The zero-order valence-electron chi connectivity index (χ0n) is 9.40. The first-order valence-electron chi connectivity index (χ1n) is 4.52. The van der Waals surface area contributed by atoms with E-state index in [9.17, 15) is 14.4 Å². The molecule has 1 amide bonds. The molecule has 0 atom stereocenters. The summed E-state index contributed by atoms with van der Waals surface area (Å²) in [5.74, 6) is -0.229. The second-order valence-corrected chi connectivity index (χ2v) is 2.71. The minimum Gasteiger partial charge on any atom is -0.342 e. The summed E-state index contributed by atoms with van der Waals surface area (Å²) in [7, 11) is 3.08. The molecule has 0 aliphatic heterocycles. The van der Waals surface area contributed by atoms with Gasteiger partial charge in [0.15, 0.2) is 0 Å². The summed E-state index contributed by atoms with van der Waals surface area (Å²) in [5.41, 5.74) is 4.50. The number of hydrogen-bond acceptors (Lipinski definition) is 4. The lowest BCUT2D eigenvalue weighted by Crippen LogP contribution is -2.26. The smallest absolute Gasteiger partial charge is 0.246 e. The van der Waals surface area contributed by atoms with Gasteiger partial charge in [-0.25, -0.2) is 0 Å². The molecule has 0 aromatic carbocycles. The first-order valence-corrected chi connectivity index (χ1v) is 4.52. The number of nitrogens with two attached hydrogens (primary N) is 1. The van der Waals surface area contributed by atoms with Gasteiger partial charge in [-0.15, -0.1) is 0 Å². The van der Waals surface area contributed by atoms with Crippen molar-refractivity contribution in [3.8, 4) is 0 Å². The van der Waals surface area contributed by atoms with Crippen LogP contribution in [-0.2, 0) is 14.4 Å². The molecule has 0 rings (SSSR count). The minimum atomic E-state index is -0.270. The van der Waals surface area contributed by atoms with E-state index in [1.165, 1.54) is 24.9 Å². The van der Waals surface area contributed by atoms with Crippen molar-refractivity contribution >= 4 is 18.0 Å². The lowest BCUT2D eigenvalue weighted by Gasteiger charge is -2.13. The van der Waals surface area contributed by atoms with Crippen molar-refractivity contribution in [2.45, 2.75) is 13.3 Å². The van der Waals surface area contributed by atoms with E-state index in [1.54, 1.807) is 7.05 Å². The highest BCUT2D eigenvalue weighted by molar-refractivity contribution is 5.91. The van der Waals surface area contributed by atoms with Crippen molar-refractivity contribution in [2.75, 3.05) is 20.6 Å². The standard InChI is InChI=1S/C9H13NO3.CH5N/c1-8(12)5-6-10(2)9(13)4-3-7-11;1-2/h3-4,7H,5-6H2,1-2H3;2H2,1H3/b4-3-;. The number of Topliss-reactive ketones (excluding diaryl/α,β-unsaturated/α-hetero) is 1. The normalized spacial score (nSPS) is 9.07. The quantitative estimate of drug-likeness (QED) is 0.505. The van der Waals surface area contributed by atoms with Crippen molar-refractivity contribution in [1.82, 2.24) is 4.90 Å². The lowest BCUT2D eigenvalue weighted by atomic mass is 10.3. The van der Waals surface area contributed by atoms with Gasteiger partial charge in [-0.3, -0.25) is 14.4 Å². The third-order valence-corrected chi connectivity index (χ3v) is 1.49. The number of hydrogen-bond donors (Lipinski definition) is 1. The van der Waals surface area contributed by atoms with E-state index in [4.69, 9.17) is 0 Å². The summed E-state index contributed by atoms with van der Waals surface area (Å²) < 4.78 is 0. The van der Waals surface area contributed by atoms with Gasteiger partial charge < -0.3 is 10.6 Å². The van der Waals surface area contributed by atoms with Gasteiger partial charge in [0, 0.05) is 26.1 Å². The van der Waals surface area contributed by atoms with Crippen LogP contribution in [0.5, 0.6) is 0 Å². The molecule has 0 bridgehead atoms. The van der Waals surface area contributed by atoms with E-state index in [0.717, 1.165) is 6.08 Å². The van der Waals surface area contributed by atoms with Crippen LogP contribution in [0.25, 0.3) is 0 Å². The van der Waals surface area contributed by atoms with Gasteiger partial charge in [0.05, 0.1) is 0 Å². The Balaban J connectivity index is 0. The Labute approximate surface area is 89.9 Å². The predicted molar refractivity (Wildman–Crippen MR) is 58.3 cm³/mol. The van der Waals surface area contributed by atoms with Gasteiger partial charge >= 0.3 is 0 Å². The van der Waals surface area contributed by atoms with Crippen LogP contribution in [-0.4, -0.2) is 43.5 Å². The fourth-order valence-corrected chi connectivity index (χ4v) is 0.684. The molecule has 0 spiro atoms. The molecule has 0 saturated carbocycles. The van der Waals surface area contributed by atoms with Gasteiger partial charge in [0.2, 0.25) is 5.91 Å². The largest absolute Gasteiger partial charge is 0.342 e. The van der Waals surface area contributed by atoms with E-state index in [2.05, 4.69) is 5.73 Å². The summed E-state index contributed by atoms with van der Waals surface area (Å²) >= 11 is 0. The monoisotopic (exact) mass is 214 g/mol. The Bertz CT molecular complexity index is 237. The predicted octanol–water partition coefficient (Wildman–Crippen LogP) is -0.246. The van der Waals surface area contributed by atoms with Gasteiger partial charge in [-0.05, 0) is 20.0 Å². The highest BCUT2D eigenvalue weighted by Gasteiger charge is 2.04. The summed E-state index contributed by atoms with van der Waals surface area (Å²) in [6.07, 6.45) is 3.19. The van der Waals surface area contributed by atoms with Crippen LogP contribution >= 0.6 is 0 Å². The lowest BCUT2D eigenvalue weighted by molar-refractivity contribution is -0.125. The zero-order chi connectivity index (χ0) is 12.3. The first-order chi connectivity index (χ1) is 7.07. The molecule has 0 aromatic heterocycles. The number of aldehydes is 1. The molecular weight excluding hydrogens is 196 g/mol. The summed E-state index contributed by atoms with van der Waals surface area (Å²) in [6, 6.07) is 0. The van der Waals surface area contributed by atoms with Crippen LogP contribution in [0.4, 0.5) is 0 Å². The van der Waals surface area contributed by atoms with Crippen LogP contribution in [0.3, 0.4) is 0 Å². The van der Waals surface area contributed by atoms with E-state index in [0.29, 0.717) is 19.3 Å². The fourth-order valence-electron chi connectivity index (χ4n) is 0.684. The number of likely N-dealkylation sites (N-methyl/N-ethyl adjacent to an activating group) is 1. The van der Waals surface area contributed by atoms with Crippen LogP contribution in [0.1, 0.15) is 13.3 Å². The number of nitrogens with zero attached hydrogens (tertiary/aromatic N) is 1. The zero-order valence-corrected chi connectivity index (χ0v) is 9.40. The summed E-state index contributed by atoms with van der Waals surface area (Å²) in [6.45, 7) is 1.86. The summed E-state index contributed by atoms with van der Waals surface area (Å²) in [5, 5.41) is 0. The van der Waals surface area contributed by atoms with Crippen molar-refractivity contribution in [1.29, 1.82) is 0 Å². The number of amides is 1. The van der Waals surface area contributed by atoms with Crippen LogP contribution < -0.4 is 5.73 Å². The van der Waals surface area contributed by atoms with Crippen molar-refractivity contribution in [2.24, 2.45) is 5.73 Å². The highest BCUT2D eigenvalue weighted by Crippen LogP contribution is 1.90. The Hall–Kier alpha value is -1.49. The third-order valence-electron chi connectivity index (χ3n) is 1.49. The molecule has 0 aliphatic rings. The molecule has 0 unspecified atom stereocenters. The van der Waals surface area contributed by atoms with Gasteiger partial charge in [0.25, 0.3) is 0 Å². The molecule has 0 radical (unpaired) electrons. The SMILES string of the molecule is CC(=O)CCN(C)C(=O)/C=C\C=O.CN. The van der Waals surface area contributed by atoms with Crippen molar-refractivity contribution < 1.29 is 14.4 Å². The molecular formula is C10H18N2O3. The van der Waals surface area contributed by atoms with E-state index in [-0.39, 0.29) is 11.7 Å². The molecule has 0 aliphatic carbocycles. The maximum absolute atomic E-state index is 11.1. The second kappa shape index (κ2) is 10.6. The molecule has 0 aromatic rings. The molecule has 15 heavy (non-hydrogen) atoms. The third kappa shape index (κ3) is 10.4. The van der Waals surface area contributed by atoms with E-state index >= 15 is 0 Å². The topological polar surface area (TPSA) is 80.5 Å². The van der Waals surface area contributed by atoms with E-state index in [1.807, 2.05) is 0 Å². The number of rotatable bonds is 5. The average Bonchev–Trinajstić information content (AvgIpc) is 2.25. The van der Waals surface area contributed by atoms with Crippen LogP contribution in [0.15, 0.2) is 12.2 Å². The molecule has 5 nitrogen and oxygen atoms in total. The van der Waals surface area contributed by atoms with Gasteiger partial charge in [-0.2, -0.15) is 0 Å². The molecule has 0 heterocycles. The van der Waals surface area contributed by atoms with Gasteiger partial charge in [-0.1, -0.05) is 0 Å². The van der Waals surface area contributed by atoms with Crippen molar-refractivity contribution in [3.63, 3.8) is 0 Å². The van der Waals surface area contributed by atoms with Crippen molar-refractivity contribution in [3.05, 3.63) is 12.2 Å². The molecule has 86 valence electrons. The maximum Gasteiger partial charge on any atom is 0.246 e. The number of ketones is 1. The molecule has 0 fully saturated rings. The summed E-state index contributed by atoms with van der Waals surface area (Å²) in [4.78, 5) is 32.9.